The minimum atomic E-state index is -1.66. The fourth-order valence-electron chi connectivity index (χ4n) is 4.51. The van der Waals surface area contributed by atoms with E-state index in [1.165, 1.54) is 38.4 Å². The number of thiazole rings is 1. The number of hydrogen-bond donors (Lipinski definition) is 7. The monoisotopic (exact) mass is 819 g/mol. The molecule has 0 aromatic carbocycles. The van der Waals surface area contributed by atoms with E-state index in [9.17, 15) is 33.6 Å². The predicted octanol–water partition coefficient (Wildman–Crippen LogP) is 2.19. The number of H-pyrrole nitrogens is 1. The third kappa shape index (κ3) is 14.7. The third-order valence-corrected chi connectivity index (χ3v) is 8.25. The SMILES string of the molecule is CCCCOc1c[nH]c(CNC(=O)N[C@H](C)C(=O)NC[C@H]2NC(=O)[C@H]2NC(=O)/C(=N\OC(C)(C)C(=O)OC(C)(C)C)c2csc(NC(=O)OC(C)(C)C)n2)cc1=O. The number of hydrogen-bond acceptors (Lipinski definition) is 14. The summed E-state index contributed by atoms with van der Waals surface area (Å²) in [6.07, 6.45) is 2.36. The summed E-state index contributed by atoms with van der Waals surface area (Å²) in [7, 11) is 0. The summed E-state index contributed by atoms with van der Waals surface area (Å²) in [5.74, 6) is -2.67. The Labute approximate surface area is 334 Å². The summed E-state index contributed by atoms with van der Waals surface area (Å²) in [5.41, 5.74) is -3.72. The van der Waals surface area contributed by atoms with Gasteiger partial charge < -0.3 is 50.6 Å². The van der Waals surface area contributed by atoms with Gasteiger partial charge >= 0.3 is 18.1 Å². The smallest absolute Gasteiger partial charge is 0.413 e. The van der Waals surface area contributed by atoms with E-state index in [0.717, 1.165) is 24.2 Å². The quantitative estimate of drug-likeness (QED) is 0.0398. The zero-order valence-electron chi connectivity index (χ0n) is 33.8. The lowest BCUT2D eigenvalue weighted by Gasteiger charge is -2.37. The van der Waals surface area contributed by atoms with Crippen LogP contribution in [0.15, 0.2) is 27.6 Å². The van der Waals surface area contributed by atoms with Crippen LogP contribution < -0.4 is 42.1 Å². The highest BCUT2D eigenvalue weighted by Gasteiger charge is 2.42. The predicted molar refractivity (Wildman–Crippen MR) is 209 cm³/mol. The van der Waals surface area contributed by atoms with Crippen molar-refractivity contribution < 1.29 is 47.8 Å². The molecule has 0 saturated carbocycles. The lowest BCUT2D eigenvalue weighted by molar-refractivity contribution is -0.179. The number of unbranched alkanes of at least 4 members (excludes halogenated alkanes) is 1. The summed E-state index contributed by atoms with van der Waals surface area (Å²) in [5, 5.41) is 20.7. The van der Waals surface area contributed by atoms with E-state index in [0.29, 0.717) is 12.3 Å². The molecule has 21 heteroatoms. The molecule has 0 aliphatic carbocycles. The second-order valence-electron chi connectivity index (χ2n) is 15.5. The fourth-order valence-corrected chi connectivity index (χ4v) is 5.20. The van der Waals surface area contributed by atoms with Gasteiger partial charge in [-0.1, -0.05) is 18.5 Å². The van der Waals surface area contributed by atoms with Gasteiger partial charge in [0.1, 0.15) is 29.0 Å². The number of rotatable bonds is 17. The molecule has 7 N–H and O–H groups in total. The zero-order chi connectivity index (χ0) is 42.7. The maximum absolute atomic E-state index is 13.7. The normalized spacial score (nSPS) is 16.2. The lowest BCUT2D eigenvalue weighted by atomic mass is 9.98. The first kappa shape index (κ1) is 45.7. The standard InChI is InChI=1S/C36H53N9O11S/c1-11-12-13-53-24-17-37-20(14-23(24)46)15-39-31(51)40-19(2)27(47)38-16-21-25(28(48)41-21)43-29(49)26(45-56-36(9,10)30(50)54-34(3,4)5)22-18-57-32(42-22)44-33(52)55-35(6,7)8/h14,17-19,21,25H,11-13,15-16H2,1-10H3,(H,37,46)(H,38,47)(H,41,48)(H,43,49)(H2,39,40,51)(H,42,44,52)/b45-26-/t19-,21-,25+/m1/s1. The molecule has 1 fully saturated rings. The molecule has 0 unspecified atom stereocenters. The molecule has 2 aromatic heterocycles. The van der Waals surface area contributed by atoms with Crippen molar-refractivity contribution in [3.63, 3.8) is 0 Å². The Bertz CT molecular complexity index is 1880. The fraction of sp³-hybridized carbons (Fsp3) is 0.583. The molecule has 314 valence electrons. The van der Waals surface area contributed by atoms with Crippen LogP contribution >= 0.6 is 11.3 Å². The van der Waals surface area contributed by atoms with Crippen molar-refractivity contribution >= 4 is 58.0 Å². The zero-order valence-corrected chi connectivity index (χ0v) is 34.6. The number of nitrogens with zero attached hydrogens (tertiary/aromatic N) is 2. The number of oxime groups is 1. The number of carbonyl (C=O) groups is 6. The molecular formula is C36H53N9O11S. The molecule has 20 nitrogen and oxygen atoms in total. The van der Waals surface area contributed by atoms with Crippen molar-refractivity contribution in [3.05, 3.63) is 39.3 Å². The molecule has 57 heavy (non-hydrogen) atoms. The Morgan fingerprint density at radius 3 is 2.30 bits per heavy atom. The number of aromatic amines is 1. The molecular weight excluding hydrogens is 767 g/mol. The number of urea groups is 1. The molecule has 1 aliphatic rings. The van der Waals surface area contributed by atoms with Crippen molar-refractivity contribution in [3.8, 4) is 5.75 Å². The number of anilines is 1. The Kier molecular flexibility index (Phi) is 15.6. The van der Waals surface area contributed by atoms with Gasteiger partial charge in [0.15, 0.2) is 16.6 Å². The summed E-state index contributed by atoms with van der Waals surface area (Å²) in [6, 6.07) is -2.29. The second kappa shape index (κ2) is 19.4. The number of carbonyl (C=O) groups excluding carboxylic acids is 6. The maximum Gasteiger partial charge on any atom is 0.413 e. The van der Waals surface area contributed by atoms with E-state index in [4.69, 9.17) is 19.0 Å². The Hall–Kier alpha value is -5.73. The van der Waals surface area contributed by atoms with Crippen LogP contribution in [0.1, 0.15) is 93.5 Å². The van der Waals surface area contributed by atoms with Gasteiger partial charge in [-0.3, -0.25) is 24.5 Å². The van der Waals surface area contributed by atoms with E-state index in [2.05, 4.69) is 47.0 Å². The molecule has 1 saturated heterocycles. The number of esters is 1. The number of amides is 6. The molecule has 3 atom stereocenters. The Morgan fingerprint density at radius 2 is 1.68 bits per heavy atom. The minimum Gasteiger partial charge on any atom is -0.488 e. The van der Waals surface area contributed by atoms with Gasteiger partial charge in [-0.15, -0.1) is 11.3 Å². The van der Waals surface area contributed by atoms with E-state index in [1.807, 2.05) is 6.92 Å². The van der Waals surface area contributed by atoms with Crippen molar-refractivity contribution in [2.75, 3.05) is 18.5 Å². The van der Waals surface area contributed by atoms with Crippen LogP contribution in [0.2, 0.25) is 0 Å². The highest BCUT2D eigenvalue weighted by atomic mass is 32.1. The number of ether oxygens (including phenoxy) is 3. The second-order valence-corrected chi connectivity index (χ2v) is 16.3. The molecule has 0 spiro atoms. The molecule has 3 heterocycles. The van der Waals surface area contributed by atoms with Crippen LogP contribution in [0, 0.1) is 0 Å². The summed E-state index contributed by atoms with van der Waals surface area (Å²) in [4.78, 5) is 102. The van der Waals surface area contributed by atoms with Crippen LogP contribution in [0.3, 0.4) is 0 Å². The van der Waals surface area contributed by atoms with Gasteiger partial charge in [0.25, 0.3) is 5.91 Å². The van der Waals surface area contributed by atoms with Crippen LogP contribution in [-0.4, -0.2) is 99.6 Å². The van der Waals surface area contributed by atoms with Gasteiger partial charge in [-0.05, 0) is 68.7 Å². The van der Waals surface area contributed by atoms with E-state index >= 15 is 0 Å². The van der Waals surface area contributed by atoms with Crippen molar-refractivity contribution in [2.45, 2.75) is 124 Å². The van der Waals surface area contributed by atoms with E-state index in [1.54, 1.807) is 41.5 Å². The molecule has 0 radical (unpaired) electrons. The van der Waals surface area contributed by atoms with Gasteiger partial charge in [-0.2, -0.15) is 0 Å². The van der Waals surface area contributed by atoms with Crippen molar-refractivity contribution in [1.82, 2.24) is 36.6 Å². The Balaban J connectivity index is 1.63. The largest absolute Gasteiger partial charge is 0.488 e. The maximum atomic E-state index is 13.7. The van der Waals surface area contributed by atoms with Crippen molar-refractivity contribution in [1.29, 1.82) is 0 Å². The first-order valence-electron chi connectivity index (χ1n) is 18.2. The highest BCUT2D eigenvalue weighted by Crippen LogP contribution is 2.21. The lowest BCUT2D eigenvalue weighted by Crippen LogP contribution is -2.72. The number of nitrogens with one attached hydrogen (secondary N) is 7. The third-order valence-electron chi connectivity index (χ3n) is 7.49. The average Bonchev–Trinajstić information content (AvgIpc) is 3.54. The van der Waals surface area contributed by atoms with Gasteiger partial charge in [0.05, 0.1) is 19.2 Å². The first-order chi connectivity index (χ1) is 26.5. The van der Waals surface area contributed by atoms with Crippen LogP contribution in [-0.2, 0) is 40.0 Å². The molecule has 2 aromatic rings. The molecule has 3 rings (SSSR count). The highest BCUT2D eigenvalue weighted by molar-refractivity contribution is 7.14. The van der Waals surface area contributed by atoms with Crippen LogP contribution in [0.4, 0.5) is 14.7 Å². The number of β-lactam (4-membered cyclic amide) rings is 1. The van der Waals surface area contributed by atoms with E-state index in [-0.39, 0.29) is 35.1 Å². The van der Waals surface area contributed by atoms with Crippen LogP contribution in [0.25, 0.3) is 0 Å². The van der Waals surface area contributed by atoms with Gasteiger partial charge in [-0.25, -0.2) is 19.4 Å². The van der Waals surface area contributed by atoms with Crippen LogP contribution in [0.5, 0.6) is 5.75 Å². The minimum absolute atomic E-state index is 0.0303. The average molecular weight is 820 g/mol. The van der Waals surface area contributed by atoms with E-state index < -0.39 is 76.5 Å². The first-order valence-corrected chi connectivity index (χ1v) is 19.1. The molecule has 1 aliphatic heterocycles. The van der Waals surface area contributed by atoms with Crippen molar-refractivity contribution in [2.24, 2.45) is 5.16 Å². The van der Waals surface area contributed by atoms with Gasteiger partial charge in [0, 0.05) is 29.9 Å². The number of aromatic nitrogens is 2. The molecule has 6 amide bonds. The topological polar surface area (TPSA) is 270 Å². The molecule has 0 bridgehead atoms. The number of pyridine rings is 1. The Morgan fingerprint density at radius 1 is 1.00 bits per heavy atom. The summed E-state index contributed by atoms with van der Waals surface area (Å²) in [6.45, 7) is 16.5. The van der Waals surface area contributed by atoms with Gasteiger partial charge in [0.2, 0.25) is 22.8 Å². The summed E-state index contributed by atoms with van der Waals surface area (Å²) >= 11 is 0.950. The summed E-state index contributed by atoms with van der Waals surface area (Å²) < 4.78 is 16.1.